The number of nitrogens with zero attached hydrogens (tertiary/aromatic N) is 3. The maximum Gasteiger partial charge on any atom is 0.221 e. The Morgan fingerprint density at radius 1 is 1.13 bits per heavy atom. The van der Waals surface area contributed by atoms with Gasteiger partial charge in [-0.2, -0.15) is 5.11 Å². The molecule has 0 aliphatic heterocycles. The second-order valence-corrected chi connectivity index (χ2v) is 4.99. The van der Waals surface area contributed by atoms with Gasteiger partial charge in [0.15, 0.2) is 5.69 Å². The molecule has 0 aliphatic carbocycles. The summed E-state index contributed by atoms with van der Waals surface area (Å²) in [5.41, 5.74) is 2.04. The summed E-state index contributed by atoms with van der Waals surface area (Å²) < 4.78 is 6.87. The molecular formula is C18H17N3O2. The number of fused-ring (bicyclic) bond motifs is 1. The van der Waals surface area contributed by atoms with E-state index in [9.17, 15) is 5.11 Å². The Balaban J connectivity index is 2.03. The Kier molecular flexibility index (Phi) is 4.10. The standard InChI is InChI=1S/C18H17N3O2/c1-3-12-21-16-7-5-4-6-15(16)17(18(21)22)20-19-13-8-10-14(23-2)11-9-13/h3-11,22H,1,12H2,2H3. The van der Waals surface area contributed by atoms with Gasteiger partial charge in [-0.1, -0.05) is 24.3 Å². The van der Waals surface area contributed by atoms with E-state index in [-0.39, 0.29) is 5.88 Å². The quantitative estimate of drug-likeness (QED) is 0.535. The Morgan fingerprint density at radius 2 is 1.87 bits per heavy atom. The number of ether oxygens (including phenoxy) is 1. The molecule has 0 radical (unpaired) electrons. The SMILES string of the molecule is C=CCn1c(O)c(N=Nc2ccc(OC)cc2)c2ccccc21. The van der Waals surface area contributed by atoms with Crippen LogP contribution < -0.4 is 4.74 Å². The first kappa shape index (κ1) is 14.8. The first-order valence-electron chi connectivity index (χ1n) is 7.21. The normalized spacial score (nSPS) is 11.2. The van der Waals surface area contributed by atoms with Gasteiger partial charge in [0.2, 0.25) is 5.88 Å². The maximum absolute atomic E-state index is 10.4. The molecule has 5 nitrogen and oxygen atoms in total. The van der Waals surface area contributed by atoms with Crippen molar-refractivity contribution >= 4 is 22.3 Å². The molecule has 23 heavy (non-hydrogen) atoms. The lowest BCUT2D eigenvalue weighted by atomic mass is 10.2. The number of benzene rings is 2. The van der Waals surface area contributed by atoms with Crippen LogP contribution in [0.25, 0.3) is 10.9 Å². The largest absolute Gasteiger partial charge is 0.497 e. The number of allylic oxidation sites excluding steroid dienone is 1. The summed E-state index contributed by atoms with van der Waals surface area (Å²) in [4.78, 5) is 0. The number of hydrogen-bond acceptors (Lipinski definition) is 4. The molecule has 5 heteroatoms. The molecule has 1 aromatic heterocycles. The van der Waals surface area contributed by atoms with Gasteiger partial charge >= 0.3 is 0 Å². The van der Waals surface area contributed by atoms with E-state index < -0.39 is 0 Å². The topological polar surface area (TPSA) is 59.1 Å². The minimum Gasteiger partial charge on any atom is -0.497 e. The van der Waals surface area contributed by atoms with Crippen molar-refractivity contribution in [1.29, 1.82) is 0 Å². The van der Waals surface area contributed by atoms with Crippen molar-refractivity contribution in [3.63, 3.8) is 0 Å². The van der Waals surface area contributed by atoms with Crippen LogP contribution >= 0.6 is 0 Å². The summed E-state index contributed by atoms with van der Waals surface area (Å²) >= 11 is 0. The zero-order valence-corrected chi connectivity index (χ0v) is 12.8. The molecule has 3 aromatic rings. The highest BCUT2D eigenvalue weighted by Gasteiger charge is 2.15. The Hall–Kier alpha value is -3.08. The van der Waals surface area contributed by atoms with Gasteiger partial charge in [0.1, 0.15) is 5.75 Å². The van der Waals surface area contributed by atoms with Gasteiger partial charge in [0.25, 0.3) is 0 Å². The Morgan fingerprint density at radius 3 is 2.57 bits per heavy atom. The van der Waals surface area contributed by atoms with Gasteiger partial charge in [-0.3, -0.25) is 0 Å². The molecule has 0 fully saturated rings. The summed E-state index contributed by atoms with van der Waals surface area (Å²) in [7, 11) is 1.61. The fraction of sp³-hybridized carbons (Fsp3) is 0.111. The molecule has 0 aliphatic rings. The molecule has 0 amide bonds. The zero-order chi connectivity index (χ0) is 16.2. The number of azo groups is 1. The van der Waals surface area contributed by atoms with Crippen LogP contribution in [0.1, 0.15) is 0 Å². The highest BCUT2D eigenvalue weighted by atomic mass is 16.5. The number of aromatic nitrogens is 1. The molecule has 1 heterocycles. The van der Waals surface area contributed by atoms with Crippen LogP contribution in [0.2, 0.25) is 0 Å². The second-order valence-electron chi connectivity index (χ2n) is 4.99. The van der Waals surface area contributed by atoms with Crippen molar-refractivity contribution < 1.29 is 9.84 Å². The van der Waals surface area contributed by atoms with Crippen molar-refractivity contribution in [3.8, 4) is 11.6 Å². The molecule has 0 bridgehead atoms. The van der Waals surface area contributed by atoms with Crippen LogP contribution in [-0.4, -0.2) is 16.8 Å². The van der Waals surface area contributed by atoms with E-state index >= 15 is 0 Å². The number of methoxy groups -OCH3 is 1. The van der Waals surface area contributed by atoms with Crippen molar-refractivity contribution in [3.05, 3.63) is 61.2 Å². The maximum atomic E-state index is 10.4. The van der Waals surface area contributed by atoms with Gasteiger partial charge < -0.3 is 14.4 Å². The summed E-state index contributed by atoms with van der Waals surface area (Å²) in [5, 5.41) is 19.7. The van der Waals surface area contributed by atoms with E-state index in [2.05, 4.69) is 16.8 Å². The van der Waals surface area contributed by atoms with E-state index in [1.165, 1.54) is 0 Å². The predicted molar refractivity (Wildman–Crippen MR) is 91.0 cm³/mol. The van der Waals surface area contributed by atoms with Crippen molar-refractivity contribution in [2.24, 2.45) is 10.2 Å². The summed E-state index contributed by atoms with van der Waals surface area (Å²) in [5.74, 6) is 0.845. The Labute approximate surface area is 134 Å². The third-order valence-electron chi connectivity index (χ3n) is 3.57. The molecule has 1 N–H and O–H groups in total. The van der Waals surface area contributed by atoms with E-state index in [1.807, 2.05) is 48.5 Å². The van der Waals surface area contributed by atoms with Crippen LogP contribution in [0.3, 0.4) is 0 Å². The summed E-state index contributed by atoms with van der Waals surface area (Å²) in [6.07, 6.45) is 1.73. The van der Waals surface area contributed by atoms with Crippen LogP contribution in [0.15, 0.2) is 71.4 Å². The molecule has 2 aromatic carbocycles. The first-order chi connectivity index (χ1) is 11.2. The molecule has 0 atom stereocenters. The number of rotatable bonds is 5. The van der Waals surface area contributed by atoms with Gasteiger partial charge in [-0.25, -0.2) is 0 Å². The third kappa shape index (κ3) is 2.81. The number of hydrogen-bond donors (Lipinski definition) is 1. The second kappa shape index (κ2) is 6.36. The predicted octanol–water partition coefficient (Wildman–Crippen LogP) is 4.96. The Bertz CT molecular complexity index is 864. The molecular weight excluding hydrogens is 290 g/mol. The summed E-state index contributed by atoms with van der Waals surface area (Å²) in [6.45, 7) is 4.23. The van der Waals surface area contributed by atoms with Crippen molar-refractivity contribution in [2.45, 2.75) is 6.54 Å². The molecule has 0 spiro atoms. The van der Waals surface area contributed by atoms with Crippen molar-refractivity contribution in [2.75, 3.05) is 7.11 Å². The molecule has 3 rings (SSSR count). The lowest BCUT2D eigenvalue weighted by molar-refractivity contribution is 0.415. The van der Waals surface area contributed by atoms with Gasteiger partial charge in [-0.05, 0) is 30.3 Å². The highest BCUT2D eigenvalue weighted by Crippen LogP contribution is 2.39. The fourth-order valence-corrected chi connectivity index (χ4v) is 2.44. The van der Waals surface area contributed by atoms with E-state index in [0.29, 0.717) is 17.9 Å². The lowest BCUT2D eigenvalue weighted by Gasteiger charge is -2.01. The smallest absolute Gasteiger partial charge is 0.221 e. The average Bonchev–Trinajstić information content (AvgIpc) is 2.86. The number of para-hydroxylation sites is 1. The van der Waals surface area contributed by atoms with Crippen LogP contribution in [-0.2, 0) is 6.54 Å². The van der Waals surface area contributed by atoms with Crippen LogP contribution in [0.5, 0.6) is 11.6 Å². The minimum atomic E-state index is 0.0864. The van der Waals surface area contributed by atoms with Crippen LogP contribution in [0, 0.1) is 0 Å². The highest BCUT2D eigenvalue weighted by molar-refractivity contribution is 5.95. The average molecular weight is 307 g/mol. The fourth-order valence-electron chi connectivity index (χ4n) is 2.44. The molecule has 0 unspecified atom stereocenters. The van der Waals surface area contributed by atoms with Crippen molar-refractivity contribution in [1.82, 2.24) is 4.57 Å². The van der Waals surface area contributed by atoms with Gasteiger partial charge in [0.05, 0.1) is 18.3 Å². The number of aromatic hydroxyl groups is 1. The third-order valence-corrected chi connectivity index (χ3v) is 3.57. The minimum absolute atomic E-state index is 0.0864. The first-order valence-corrected chi connectivity index (χ1v) is 7.21. The monoisotopic (exact) mass is 307 g/mol. The van der Waals surface area contributed by atoms with Gasteiger partial charge in [0, 0.05) is 11.9 Å². The van der Waals surface area contributed by atoms with Gasteiger partial charge in [-0.15, -0.1) is 11.7 Å². The van der Waals surface area contributed by atoms with E-state index in [0.717, 1.165) is 16.7 Å². The van der Waals surface area contributed by atoms with E-state index in [1.54, 1.807) is 17.8 Å². The van der Waals surface area contributed by atoms with E-state index in [4.69, 9.17) is 4.74 Å². The molecule has 116 valence electrons. The zero-order valence-electron chi connectivity index (χ0n) is 12.8. The van der Waals surface area contributed by atoms with Crippen LogP contribution in [0.4, 0.5) is 11.4 Å². The lowest BCUT2D eigenvalue weighted by Crippen LogP contribution is -1.92. The molecule has 0 saturated carbocycles. The molecule has 0 saturated heterocycles. The summed E-state index contributed by atoms with van der Waals surface area (Å²) in [6, 6.07) is 14.9.